The van der Waals surface area contributed by atoms with Crippen molar-refractivity contribution in [1.82, 2.24) is 4.31 Å². The van der Waals surface area contributed by atoms with Gasteiger partial charge < -0.3 is 0 Å². The van der Waals surface area contributed by atoms with E-state index in [2.05, 4.69) is 15.9 Å². The molecule has 8 heteroatoms. The molecule has 0 amide bonds. The zero-order valence-corrected chi connectivity index (χ0v) is 15.7. The van der Waals surface area contributed by atoms with Crippen molar-refractivity contribution in [3.63, 3.8) is 0 Å². The summed E-state index contributed by atoms with van der Waals surface area (Å²) in [5.41, 5.74) is 2.09. The summed E-state index contributed by atoms with van der Waals surface area (Å²) >= 11 is 3.11. The van der Waals surface area contributed by atoms with E-state index in [4.69, 9.17) is 0 Å². The molecule has 0 saturated carbocycles. The third kappa shape index (κ3) is 3.37. The Hall–Kier alpha value is -2.03. The molecule has 6 nitrogen and oxygen atoms in total. The van der Waals surface area contributed by atoms with Gasteiger partial charge in [0.1, 0.15) is 0 Å². The molecule has 0 N–H and O–H groups in total. The topological polar surface area (TPSA) is 80.5 Å². The van der Waals surface area contributed by atoms with Gasteiger partial charge in [0.05, 0.1) is 14.3 Å². The Bertz CT molecular complexity index is 972. The Morgan fingerprint density at radius 2 is 1.88 bits per heavy atom. The van der Waals surface area contributed by atoms with Gasteiger partial charge in [0, 0.05) is 19.2 Å². The van der Waals surface area contributed by atoms with E-state index >= 15 is 0 Å². The average Bonchev–Trinajstić information content (AvgIpc) is 3.06. The van der Waals surface area contributed by atoms with Crippen LogP contribution in [0.4, 0.5) is 5.69 Å². The summed E-state index contributed by atoms with van der Waals surface area (Å²) in [6.07, 6.45) is 1.87. The van der Waals surface area contributed by atoms with Crippen molar-refractivity contribution < 1.29 is 13.3 Å². The fourth-order valence-corrected chi connectivity index (χ4v) is 4.96. The van der Waals surface area contributed by atoms with Gasteiger partial charge in [0.25, 0.3) is 5.69 Å². The maximum atomic E-state index is 13.0. The van der Waals surface area contributed by atoms with Crippen molar-refractivity contribution >= 4 is 37.2 Å². The molecule has 0 fully saturated rings. The smallest absolute Gasteiger partial charge is 0.258 e. The second kappa shape index (κ2) is 6.70. The number of nitrogens with zero attached hydrogens (tertiary/aromatic N) is 2. The summed E-state index contributed by atoms with van der Waals surface area (Å²) in [7, 11) is -3.83. The normalized spacial score (nSPS) is 15.2. The highest BCUT2D eigenvalue weighted by Gasteiger charge is 2.31. The summed E-state index contributed by atoms with van der Waals surface area (Å²) in [4.78, 5) is 10.5. The Kier molecular flexibility index (Phi) is 4.77. The lowest BCUT2D eigenvalue weighted by Crippen LogP contribution is -2.29. The molecular weight excluding hydrogens is 408 g/mol. The Balaban J connectivity index is 1.94. The number of aryl methyl sites for hydroxylation is 1. The highest BCUT2D eigenvalue weighted by Crippen LogP contribution is 2.33. The molecule has 0 spiro atoms. The molecule has 2 aromatic rings. The third-order valence-corrected chi connectivity index (χ3v) is 6.68. The van der Waals surface area contributed by atoms with Crippen molar-refractivity contribution in [2.24, 2.45) is 0 Å². The number of nitro groups is 1. The van der Waals surface area contributed by atoms with Crippen LogP contribution in [0, 0.1) is 17.0 Å². The maximum absolute atomic E-state index is 13.0. The van der Waals surface area contributed by atoms with Crippen molar-refractivity contribution in [3.05, 3.63) is 74.3 Å². The van der Waals surface area contributed by atoms with E-state index in [0.29, 0.717) is 5.56 Å². The van der Waals surface area contributed by atoms with Crippen LogP contribution in [0.25, 0.3) is 5.57 Å². The van der Waals surface area contributed by atoms with Gasteiger partial charge in [-0.1, -0.05) is 36.4 Å². The van der Waals surface area contributed by atoms with E-state index < -0.39 is 14.9 Å². The van der Waals surface area contributed by atoms with Gasteiger partial charge in [0.15, 0.2) is 0 Å². The summed E-state index contributed by atoms with van der Waals surface area (Å²) in [6.45, 7) is 2.12. The summed E-state index contributed by atoms with van der Waals surface area (Å²) in [5.74, 6) is 0. The summed E-state index contributed by atoms with van der Waals surface area (Å²) in [6, 6.07) is 12.1. The van der Waals surface area contributed by atoms with E-state index in [9.17, 15) is 18.5 Å². The zero-order chi connectivity index (χ0) is 18.2. The van der Waals surface area contributed by atoms with Gasteiger partial charge in [0.2, 0.25) is 10.0 Å². The summed E-state index contributed by atoms with van der Waals surface area (Å²) < 4.78 is 27.5. The van der Waals surface area contributed by atoms with Gasteiger partial charge in [-0.15, -0.1) is 0 Å². The van der Waals surface area contributed by atoms with E-state index in [1.165, 1.54) is 10.4 Å². The quantitative estimate of drug-likeness (QED) is 0.554. The Morgan fingerprint density at radius 3 is 2.52 bits per heavy atom. The van der Waals surface area contributed by atoms with Crippen molar-refractivity contribution in [3.8, 4) is 0 Å². The number of rotatable bonds is 4. The number of nitro benzene ring substituents is 1. The van der Waals surface area contributed by atoms with Crippen LogP contribution in [0.5, 0.6) is 0 Å². The standard InChI is InChI=1S/C17H15BrN2O4S/c1-12-9-15(18)16(20(21)22)10-17(12)25(23,24)19-8-7-14(11-19)13-5-3-2-4-6-13/h2-7,9-10H,8,11H2,1H3. The molecule has 2 aromatic carbocycles. The van der Waals surface area contributed by atoms with E-state index in [0.717, 1.165) is 17.2 Å². The number of sulfonamides is 1. The minimum atomic E-state index is -3.83. The minimum Gasteiger partial charge on any atom is -0.258 e. The summed E-state index contributed by atoms with van der Waals surface area (Å²) in [5, 5.41) is 11.1. The van der Waals surface area contributed by atoms with Crippen LogP contribution >= 0.6 is 15.9 Å². The fourth-order valence-electron chi connectivity index (χ4n) is 2.77. The van der Waals surface area contributed by atoms with Crippen LogP contribution in [-0.4, -0.2) is 30.7 Å². The van der Waals surface area contributed by atoms with Gasteiger partial charge in [-0.05, 0) is 45.6 Å². The molecule has 1 aliphatic heterocycles. The van der Waals surface area contributed by atoms with Gasteiger partial charge in [-0.2, -0.15) is 4.31 Å². The predicted octanol–water partition coefficient (Wildman–Crippen LogP) is 3.75. The Morgan fingerprint density at radius 1 is 1.20 bits per heavy atom. The predicted molar refractivity (Wildman–Crippen MR) is 98.7 cm³/mol. The molecule has 0 aliphatic carbocycles. The first kappa shape index (κ1) is 17.8. The molecule has 0 radical (unpaired) electrons. The number of benzene rings is 2. The number of hydrogen-bond donors (Lipinski definition) is 0. The van der Waals surface area contributed by atoms with E-state index in [-0.39, 0.29) is 28.1 Å². The first-order valence-corrected chi connectivity index (χ1v) is 9.73. The molecule has 130 valence electrons. The lowest BCUT2D eigenvalue weighted by Gasteiger charge is -2.18. The largest absolute Gasteiger partial charge is 0.284 e. The average molecular weight is 423 g/mol. The molecule has 1 heterocycles. The van der Waals surface area contributed by atoms with E-state index in [1.54, 1.807) is 6.92 Å². The highest BCUT2D eigenvalue weighted by atomic mass is 79.9. The van der Waals surface area contributed by atoms with Crippen LogP contribution in [0.1, 0.15) is 11.1 Å². The minimum absolute atomic E-state index is 0.0369. The lowest BCUT2D eigenvalue weighted by atomic mass is 10.1. The third-order valence-electron chi connectivity index (χ3n) is 4.09. The van der Waals surface area contributed by atoms with Gasteiger partial charge >= 0.3 is 0 Å². The van der Waals surface area contributed by atoms with Crippen LogP contribution in [-0.2, 0) is 10.0 Å². The molecule has 0 saturated heterocycles. The van der Waals surface area contributed by atoms with Gasteiger partial charge in [-0.25, -0.2) is 8.42 Å². The maximum Gasteiger partial charge on any atom is 0.284 e. The van der Waals surface area contributed by atoms with Crippen LogP contribution < -0.4 is 0 Å². The molecule has 25 heavy (non-hydrogen) atoms. The van der Waals surface area contributed by atoms with Crippen molar-refractivity contribution in [2.75, 3.05) is 13.1 Å². The van der Waals surface area contributed by atoms with Crippen molar-refractivity contribution in [2.45, 2.75) is 11.8 Å². The number of hydrogen-bond acceptors (Lipinski definition) is 4. The number of halogens is 1. The molecule has 0 unspecified atom stereocenters. The highest BCUT2D eigenvalue weighted by molar-refractivity contribution is 9.10. The van der Waals surface area contributed by atoms with E-state index in [1.807, 2.05) is 36.4 Å². The first-order valence-electron chi connectivity index (χ1n) is 7.50. The van der Waals surface area contributed by atoms with Crippen molar-refractivity contribution in [1.29, 1.82) is 0 Å². The molecule has 0 aromatic heterocycles. The van der Waals surface area contributed by atoms with Crippen LogP contribution in [0.2, 0.25) is 0 Å². The second-order valence-electron chi connectivity index (χ2n) is 5.72. The molecule has 0 atom stereocenters. The van der Waals surface area contributed by atoms with Crippen LogP contribution in [0.3, 0.4) is 0 Å². The first-order chi connectivity index (χ1) is 11.8. The molecule has 3 rings (SSSR count). The Labute approximate surface area is 154 Å². The monoisotopic (exact) mass is 422 g/mol. The molecular formula is C17H15BrN2O4S. The SMILES string of the molecule is Cc1cc(Br)c([N+](=O)[O-])cc1S(=O)(=O)N1CC=C(c2ccccc2)C1. The second-order valence-corrected chi connectivity index (χ2v) is 8.48. The fraction of sp³-hybridized carbons (Fsp3) is 0.176. The molecule has 1 aliphatic rings. The zero-order valence-electron chi connectivity index (χ0n) is 13.3. The van der Waals surface area contributed by atoms with Gasteiger partial charge in [-0.3, -0.25) is 10.1 Å². The lowest BCUT2D eigenvalue weighted by molar-refractivity contribution is -0.385. The molecule has 0 bridgehead atoms. The van der Waals surface area contributed by atoms with Crippen LogP contribution in [0.15, 0.2) is 57.9 Å².